The van der Waals surface area contributed by atoms with E-state index in [2.05, 4.69) is 206 Å². The Balaban J connectivity index is 1.39. The molecule has 1 aromatic heterocycles. The van der Waals surface area contributed by atoms with Crippen LogP contribution in [-0.4, -0.2) is 6.71 Å². The van der Waals surface area contributed by atoms with Crippen LogP contribution in [0.25, 0.3) is 21.2 Å². The second-order valence-corrected chi connectivity index (χ2v) is 19.3. The van der Waals surface area contributed by atoms with Crippen molar-refractivity contribution in [3.05, 3.63) is 150 Å². The summed E-state index contributed by atoms with van der Waals surface area (Å²) in [5, 5.41) is 2.69. The molecule has 2 aliphatic heterocycles. The van der Waals surface area contributed by atoms with Gasteiger partial charge in [-0.2, -0.15) is 0 Å². The molecule has 4 heteroatoms. The summed E-state index contributed by atoms with van der Waals surface area (Å²) in [7, 11) is 0. The Morgan fingerprint density at radius 1 is 0.463 bits per heavy atom. The van der Waals surface area contributed by atoms with Gasteiger partial charge in [-0.05, 0) is 103 Å². The van der Waals surface area contributed by atoms with E-state index in [0.29, 0.717) is 0 Å². The molecule has 6 aromatic carbocycles. The van der Waals surface area contributed by atoms with Crippen LogP contribution in [0.1, 0.15) is 79.0 Å². The number of nitrogens with zero attached hydrogens (tertiary/aromatic N) is 2. The minimum absolute atomic E-state index is 0.00774. The number of benzene rings is 6. The van der Waals surface area contributed by atoms with E-state index in [4.69, 9.17) is 0 Å². The zero-order valence-corrected chi connectivity index (χ0v) is 33.9. The molecule has 0 radical (unpaired) electrons. The van der Waals surface area contributed by atoms with E-state index in [1.807, 2.05) is 11.3 Å². The van der Waals surface area contributed by atoms with Gasteiger partial charge >= 0.3 is 0 Å². The Labute approximate surface area is 326 Å². The smallest absolute Gasteiger partial charge is 0.254 e. The van der Waals surface area contributed by atoms with Gasteiger partial charge in [0, 0.05) is 33.0 Å². The maximum absolute atomic E-state index is 2.57. The zero-order valence-electron chi connectivity index (χ0n) is 33.1. The van der Waals surface area contributed by atoms with Crippen LogP contribution < -0.4 is 26.2 Å². The number of fused-ring (bicyclic) bond motifs is 6. The highest BCUT2D eigenvalue weighted by Crippen LogP contribution is 2.49. The molecule has 2 nitrogen and oxygen atoms in total. The first kappa shape index (κ1) is 34.7. The molecule has 0 aliphatic carbocycles. The van der Waals surface area contributed by atoms with Gasteiger partial charge < -0.3 is 9.80 Å². The SMILES string of the molecule is CC(C)(C)c1ccc(N2c3cccc4c3B(c3ccc(C(C)(C)C)cc3N4c3ccccc3-c3ccccc3)c3c2sc2ccc(C(C)(C)C)cc32)cc1. The quantitative estimate of drug-likeness (QED) is 0.168. The maximum atomic E-state index is 2.57. The van der Waals surface area contributed by atoms with Crippen LogP contribution >= 0.6 is 11.3 Å². The summed E-state index contributed by atoms with van der Waals surface area (Å²) < 4.78 is 1.34. The monoisotopic (exact) mass is 720 g/mol. The summed E-state index contributed by atoms with van der Waals surface area (Å²) in [5.74, 6) is 0. The minimum Gasteiger partial charge on any atom is -0.311 e. The molecule has 268 valence electrons. The summed E-state index contributed by atoms with van der Waals surface area (Å²) in [6, 6.07) is 50.7. The third-order valence-corrected chi connectivity index (χ3v) is 12.7. The standard InChI is InChI=1S/C50H49BN2S/c1-48(2,3)33-22-26-36(27-23-33)52-41-20-15-21-42-46(41)51(45-38-30-34(49(4,5)6)25-29-44(38)54-47(45)52)39-28-24-35(50(7,8)9)31-43(39)53(42)40-19-14-13-18-37(40)32-16-11-10-12-17-32/h10-31H,1-9H3. The molecular weight excluding hydrogens is 671 g/mol. The Morgan fingerprint density at radius 3 is 1.72 bits per heavy atom. The number of anilines is 6. The highest BCUT2D eigenvalue weighted by atomic mass is 32.1. The van der Waals surface area contributed by atoms with E-state index in [0.717, 1.165) is 0 Å². The summed E-state index contributed by atoms with van der Waals surface area (Å²) in [4.78, 5) is 5.14. The molecule has 0 fully saturated rings. The number of thiophene rings is 1. The van der Waals surface area contributed by atoms with Crippen molar-refractivity contribution in [2.45, 2.75) is 78.6 Å². The second-order valence-electron chi connectivity index (χ2n) is 18.3. The van der Waals surface area contributed by atoms with Crippen molar-refractivity contribution >= 4 is 78.0 Å². The molecule has 0 amide bonds. The van der Waals surface area contributed by atoms with Gasteiger partial charge in [0.25, 0.3) is 6.71 Å². The maximum Gasteiger partial charge on any atom is 0.254 e. The van der Waals surface area contributed by atoms with Crippen molar-refractivity contribution in [1.82, 2.24) is 0 Å². The molecule has 0 atom stereocenters. The van der Waals surface area contributed by atoms with Crippen LogP contribution in [0.5, 0.6) is 0 Å². The number of rotatable bonds is 3. The molecule has 0 saturated heterocycles. The van der Waals surface area contributed by atoms with E-state index < -0.39 is 0 Å². The van der Waals surface area contributed by atoms with Crippen molar-refractivity contribution in [3.63, 3.8) is 0 Å². The first-order valence-corrected chi connectivity index (χ1v) is 20.2. The third kappa shape index (κ3) is 5.52. The molecule has 0 saturated carbocycles. The van der Waals surface area contributed by atoms with Crippen LogP contribution in [0.15, 0.2) is 133 Å². The van der Waals surface area contributed by atoms with Gasteiger partial charge in [-0.15, -0.1) is 11.3 Å². The molecule has 54 heavy (non-hydrogen) atoms. The Morgan fingerprint density at radius 2 is 1.04 bits per heavy atom. The minimum atomic E-state index is -0.00774. The first-order valence-electron chi connectivity index (χ1n) is 19.4. The summed E-state index contributed by atoms with van der Waals surface area (Å²) in [6.07, 6.45) is 0. The Hall–Kier alpha value is -5.06. The van der Waals surface area contributed by atoms with E-state index >= 15 is 0 Å². The van der Waals surface area contributed by atoms with Crippen LogP contribution in [0, 0.1) is 0 Å². The largest absolute Gasteiger partial charge is 0.311 e. The van der Waals surface area contributed by atoms with Crippen molar-refractivity contribution in [1.29, 1.82) is 0 Å². The summed E-state index contributed by atoms with van der Waals surface area (Å²) >= 11 is 1.94. The average molecular weight is 721 g/mol. The van der Waals surface area contributed by atoms with Gasteiger partial charge in [0.15, 0.2) is 0 Å². The highest BCUT2D eigenvalue weighted by Gasteiger charge is 2.45. The lowest BCUT2D eigenvalue weighted by Gasteiger charge is -2.44. The topological polar surface area (TPSA) is 6.48 Å². The fourth-order valence-electron chi connectivity index (χ4n) is 8.54. The van der Waals surface area contributed by atoms with Crippen molar-refractivity contribution in [2.75, 3.05) is 9.80 Å². The van der Waals surface area contributed by atoms with Gasteiger partial charge in [0.05, 0.1) is 10.7 Å². The predicted molar refractivity (Wildman–Crippen MR) is 237 cm³/mol. The normalized spacial score (nSPS) is 13.9. The molecule has 0 unspecified atom stereocenters. The molecule has 0 spiro atoms. The lowest BCUT2D eigenvalue weighted by molar-refractivity contribution is 0.590. The Kier molecular flexibility index (Phi) is 7.86. The molecule has 3 heterocycles. The van der Waals surface area contributed by atoms with Crippen molar-refractivity contribution in [2.24, 2.45) is 0 Å². The fourth-order valence-corrected chi connectivity index (χ4v) is 9.80. The van der Waals surface area contributed by atoms with Crippen LogP contribution in [0.2, 0.25) is 0 Å². The third-order valence-electron chi connectivity index (χ3n) is 11.6. The highest BCUT2D eigenvalue weighted by molar-refractivity contribution is 7.26. The molecule has 0 bridgehead atoms. The molecule has 9 rings (SSSR count). The van der Waals surface area contributed by atoms with Gasteiger partial charge in [-0.1, -0.05) is 153 Å². The lowest BCUT2D eigenvalue weighted by atomic mass is 9.33. The molecule has 7 aromatic rings. The van der Waals surface area contributed by atoms with Crippen LogP contribution in [0.4, 0.5) is 33.4 Å². The van der Waals surface area contributed by atoms with Crippen LogP contribution in [-0.2, 0) is 16.2 Å². The average Bonchev–Trinajstić information content (AvgIpc) is 3.52. The van der Waals surface area contributed by atoms with Gasteiger partial charge in [0.1, 0.15) is 0 Å². The number of para-hydroxylation sites is 1. The van der Waals surface area contributed by atoms with Gasteiger partial charge in [-0.25, -0.2) is 0 Å². The predicted octanol–water partition coefficient (Wildman–Crippen LogP) is 12.5. The molecular formula is C50H49BN2S. The van der Waals surface area contributed by atoms with Crippen molar-refractivity contribution in [3.8, 4) is 11.1 Å². The lowest BCUT2D eigenvalue weighted by Crippen LogP contribution is -2.61. The Bertz CT molecular complexity index is 2560. The first-order chi connectivity index (χ1) is 25.7. The van der Waals surface area contributed by atoms with E-state index in [-0.39, 0.29) is 23.0 Å². The van der Waals surface area contributed by atoms with E-state index in [1.54, 1.807) is 0 Å². The molecule has 2 aliphatic rings. The molecule has 0 N–H and O–H groups in total. The van der Waals surface area contributed by atoms with E-state index in [1.165, 1.54) is 87.7 Å². The van der Waals surface area contributed by atoms with Gasteiger partial charge in [-0.3, -0.25) is 0 Å². The zero-order chi connectivity index (χ0) is 37.7. The summed E-state index contributed by atoms with van der Waals surface area (Å²) in [5.41, 5.74) is 16.9. The van der Waals surface area contributed by atoms with Crippen molar-refractivity contribution < 1.29 is 0 Å². The fraction of sp³-hybridized carbons (Fsp3) is 0.240. The number of hydrogen-bond donors (Lipinski definition) is 0. The second kappa shape index (κ2) is 12.2. The van der Waals surface area contributed by atoms with Crippen LogP contribution in [0.3, 0.4) is 0 Å². The van der Waals surface area contributed by atoms with Gasteiger partial charge in [0.2, 0.25) is 0 Å². The summed E-state index contributed by atoms with van der Waals surface area (Å²) in [6.45, 7) is 20.9. The van der Waals surface area contributed by atoms with E-state index in [9.17, 15) is 0 Å². The number of hydrogen-bond acceptors (Lipinski definition) is 3.